The van der Waals surface area contributed by atoms with E-state index < -0.39 is 6.10 Å². The van der Waals surface area contributed by atoms with Crippen LogP contribution >= 0.6 is 0 Å². The minimum Gasteiger partial charge on any atom is -0.462 e. The van der Waals surface area contributed by atoms with E-state index in [4.69, 9.17) is 14.2 Å². The van der Waals surface area contributed by atoms with Crippen molar-refractivity contribution < 1.29 is 28.6 Å². The molecule has 0 aliphatic rings. The summed E-state index contributed by atoms with van der Waals surface area (Å²) < 4.78 is 16.8. The molecule has 0 radical (unpaired) electrons. The molecule has 0 bridgehead atoms. The Kier molecular flexibility index (Phi) is 61.0. The first-order valence-corrected chi connectivity index (χ1v) is 31.6. The summed E-state index contributed by atoms with van der Waals surface area (Å²) in [6.07, 6.45) is 96.5. The van der Waals surface area contributed by atoms with E-state index in [1.54, 1.807) is 0 Å². The first-order chi connectivity index (χ1) is 39.0. The molecule has 0 amide bonds. The number of carbonyl (C=O) groups is 3. The van der Waals surface area contributed by atoms with Gasteiger partial charge in [-0.2, -0.15) is 0 Å². The van der Waals surface area contributed by atoms with Crippen molar-refractivity contribution in [1.29, 1.82) is 0 Å². The van der Waals surface area contributed by atoms with Crippen molar-refractivity contribution in [3.05, 3.63) is 170 Å². The van der Waals surface area contributed by atoms with Crippen LogP contribution in [0.2, 0.25) is 0 Å². The van der Waals surface area contributed by atoms with E-state index in [9.17, 15) is 14.4 Å². The second kappa shape index (κ2) is 65.3. The Morgan fingerprint density at radius 2 is 0.494 bits per heavy atom. The van der Waals surface area contributed by atoms with Crippen molar-refractivity contribution in [3.8, 4) is 0 Å². The van der Waals surface area contributed by atoms with Crippen LogP contribution in [0, 0.1) is 0 Å². The van der Waals surface area contributed by atoms with Crippen LogP contribution in [0.25, 0.3) is 0 Å². The maximum absolute atomic E-state index is 12.9. The van der Waals surface area contributed by atoms with Crippen LogP contribution in [0.4, 0.5) is 0 Å². The fourth-order valence-electron chi connectivity index (χ4n) is 8.01. The molecule has 0 aromatic heterocycles. The number of allylic oxidation sites excluding steroid dienone is 28. The number of ether oxygens (including phenoxy) is 3. The molecule has 0 rings (SSSR count). The van der Waals surface area contributed by atoms with E-state index in [0.717, 1.165) is 154 Å². The summed E-state index contributed by atoms with van der Waals surface area (Å²) in [7, 11) is 0. The predicted molar refractivity (Wildman–Crippen MR) is 343 cm³/mol. The quantitative estimate of drug-likeness (QED) is 0.0261. The summed E-state index contributed by atoms with van der Waals surface area (Å²) in [6, 6.07) is 0. The number of hydrogen-bond donors (Lipinski definition) is 0. The van der Waals surface area contributed by atoms with Crippen molar-refractivity contribution >= 4 is 17.9 Å². The van der Waals surface area contributed by atoms with Gasteiger partial charge in [0, 0.05) is 19.3 Å². The molecule has 0 aromatic rings. The summed E-state index contributed by atoms with van der Waals surface area (Å²) >= 11 is 0. The Hall–Kier alpha value is -5.23. The lowest BCUT2D eigenvalue weighted by Crippen LogP contribution is -2.30. The van der Waals surface area contributed by atoms with Gasteiger partial charge in [-0.3, -0.25) is 14.4 Å². The zero-order valence-corrected chi connectivity index (χ0v) is 50.6. The van der Waals surface area contributed by atoms with Crippen LogP contribution in [0.5, 0.6) is 0 Å². The van der Waals surface area contributed by atoms with Crippen LogP contribution in [0.15, 0.2) is 170 Å². The molecule has 0 aliphatic heterocycles. The molecule has 0 saturated heterocycles. The third-order valence-corrected chi connectivity index (χ3v) is 12.7. The normalized spacial score (nSPS) is 13.3. The number of esters is 3. The molecule has 6 heteroatoms. The fraction of sp³-hybridized carbons (Fsp3) is 0.575. The number of carbonyl (C=O) groups excluding carboxylic acids is 3. The molecule has 79 heavy (non-hydrogen) atoms. The zero-order chi connectivity index (χ0) is 57.1. The van der Waals surface area contributed by atoms with E-state index in [1.165, 1.54) is 51.4 Å². The van der Waals surface area contributed by atoms with Gasteiger partial charge in [0.15, 0.2) is 6.10 Å². The standard InChI is InChI=1S/C73H114O6/c1-4-7-10-13-16-19-22-25-28-29-30-31-32-33-34-35-36-37-38-39-40-41-42-43-46-48-51-54-57-60-63-66-72(75)78-69-70(79-73(76)67-64-61-58-55-52-49-45-27-24-21-18-15-12-9-6-3)68-77-71(74)65-62-59-56-53-50-47-44-26-23-20-17-14-11-8-5-2/h7,9-10,12,16,18-19,21,25-28,30-31,33-34,36-37,39-40,42-45,48,51-52,55,70H,4-6,8,11,13-15,17,20,22-24,29,32,35,38,41,46-47,49-50,53-54,56-69H2,1-3H3/b10-7-,12-9-,19-16-,21-18-,28-25-,31-30-,34-33-,37-36-,40-39-,43-42-,44-26-,45-27-,51-48-,55-52-. The van der Waals surface area contributed by atoms with Gasteiger partial charge in [-0.15, -0.1) is 0 Å². The first kappa shape index (κ1) is 73.8. The Balaban J connectivity index is 4.45. The number of rotatable bonds is 55. The molecule has 1 atom stereocenters. The van der Waals surface area contributed by atoms with Gasteiger partial charge in [-0.1, -0.05) is 249 Å². The topological polar surface area (TPSA) is 78.9 Å². The van der Waals surface area contributed by atoms with Crippen molar-refractivity contribution in [3.63, 3.8) is 0 Å². The van der Waals surface area contributed by atoms with Gasteiger partial charge in [-0.05, 0) is 154 Å². The molecule has 442 valence electrons. The highest BCUT2D eigenvalue weighted by molar-refractivity contribution is 5.71. The summed E-state index contributed by atoms with van der Waals surface area (Å²) in [4.78, 5) is 38.2. The lowest BCUT2D eigenvalue weighted by Gasteiger charge is -2.18. The van der Waals surface area contributed by atoms with Gasteiger partial charge in [0.1, 0.15) is 13.2 Å². The molecule has 0 heterocycles. The smallest absolute Gasteiger partial charge is 0.306 e. The lowest BCUT2D eigenvalue weighted by atomic mass is 10.1. The molecule has 1 unspecified atom stereocenters. The Morgan fingerprint density at radius 1 is 0.266 bits per heavy atom. The molecule has 0 aliphatic carbocycles. The molecule has 0 N–H and O–H groups in total. The van der Waals surface area contributed by atoms with E-state index in [2.05, 4.69) is 191 Å². The molecule has 0 fully saturated rings. The minimum absolute atomic E-state index is 0.117. The van der Waals surface area contributed by atoms with Crippen LogP contribution < -0.4 is 0 Å². The Morgan fingerprint density at radius 3 is 0.823 bits per heavy atom. The second-order valence-corrected chi connectivity index (χ2v) is 20.2. The Labute approximate surface area is 485 Å². The van der Waals surface area contributed by atoms with Gasteiger partial charge in [0.25, 0.3) is 0 Å². The Bertz CT molecular complexity index is 1820. The summed E-state index contributed by atoms with van der Waals surface area (Å²) in [6.45, 7) is 6.32. The molecular weight excluding hydrogens is 973 g/mol. The molecule has 0 spiro atoms. The average molecular weight is 1090 g/mol. The van der Waals surface area contributed by atoms with E-state index >= 15 is 0 Å². The van der Waals surface area contributed by atoms with E-state index in [0.29, 0.717) is 19.3 Å². The summed E-state index contributed by atoms with van der Waals surface area (Å²) in [5, 5.41) is 0. The summed E-state index contributed by atoms with van der Waals surface area (Å²) in [5.74, 6) is -1.01. The maximum atomic E-state index is 12.9. The highest BCUT2D eigenvalue weighted by Crippen LogP contribution is 2.13. The van der Waals surface area contributed by atoms with Crippen molar-refractivity contribution in [1.82, 2.24) is 0 Å². The molecule has 0 aromatic carbocycles. The highest BCUT2D eigenvalue weighted by Gasteiger charge is 2.19. The first-order valence-electron chi connectivity index (χ1n) is 31.6. The SMILES string of the molecule is CC/C=C\C/C=C\C/C=C\C/C=C\C/C=C\C/C=C\C/C=C\C/C=C\C/C=C\CCCCCC(=O)OCC(COC(=O)CCCCCCC/C=C\CCCCCCCC)OC(=O)CCCC/C=C\C/C=C\C/C=C\C/C=C\CC. The van der Waals surface area contributed by atoms with Crippen molar-refractivity contribution in [2.45, 2.75) is 258 Å². The number of unbranched alkanes of at least 4 members (excludes halogenated alkanes) is 16. The minimum atomic E-state index is -0.826. The van der Waals surface area contributed by atoms with Gasteiger partial charge in [0.05, 0.1) is 0 Å². The second-order valence-electron chi connectivity index (χ2n) is 20.2. The van der Waals surface area contributed by atoms with Crippen LogP contribution in [0.1, 0.15) is 252 Å². The fourth-order valence-corrected chi connectivity index (χ4v) is 8.01. The average Bonchev–Trinajstić information content (AvgIpc) is 3.45. The molecule has 6 nitrogen and oxygen atoms in total. The van der Waals surface area contributed by atoms with Gasteiger partial charge >= 0.3 is 17.9 Å². The predicted octanol–water partition coefficient (Wildman–Crippen LogP) is 21.9. The molecular formula is C73H114O6. The third kappa shape index (κ3) is 63.5. The zero-order valence-electron chi connectivity index (χ0n) is 50.6. The van der Waals surface area contributed by atoms with Crippen LogP contribution in [-0.2, 0) is 28.6 Å². The van der Waals surface area contributed by atoms with Gasteiger partial charge < -0.3 is 14.2 Å². The number of hydrogen-bond acceptors (Lipinski definition) is 6. The lowest BCUT2D eigenvalue weighted by molar-refractivity contribution is -0.167. The summed E-state index contributed by atoms with van der Waals surface area (Å²) in [5.41, 5.74) is 0. The van der Waals surface area contributed by atoms with E-state index in [1.807, 2.05) is 0 Å². The van der Waals surface area contributed by atoms with Crippen LogP contribution in [-0.4, -0.2) is 37.2 Å². The third-order valence-electron chi connectivity index (χ3n) is 12.7. The van der Waals surface area contributed by atoms with Gasteiger partial charge in [-0.25, -0.2) is 0 Å². The van der Waals surface area contributed by atoms with Crippen molar-refractivity contribution in [2.24, 2.45) is 0 Å². The van der Waals surface area contributed by atoms with Crippen LogP contribution in [0.3, 0.4) is 0 Å². The van der Waals surface area contributed by atoms with E-state index in [-0.39, 0.29) is 37.5 Å². The van der Waals surface area contributed by atoms with Gasteiger partial charge in [0.2, 0.25) is 0 Å². The monoisotopic (exact) mass is 1090 g/mol. The largest absolute Gasteiger partial charge is 0.462 e. The highest BCUT2D eigenvalue weighted by atomic mass is 16.6. The van der Waals surface area contributed by atoms with Crippen molar-refractivity contribution in [2.75, 3.05) is 13.2 Å². The maximum Gasteiger partial charge on any atom is 0.306 e. The molecule has 0 saturated carbocycles.